The van der Waals surface area contributed by atoms with Crippen molar-refractivity contribution in [2.24, 2.45) is 11.3 Å². The molecule has 35 heavy (non-hydrogen) atoms. The van der Waals surface area contributed by atoms with Gasteiger partial charge in [0.05, 0.1) is 6.10 Å². The maximum atomic E-state index is 12.1. The van der Waals surface area contributed by atoms with Crippen molar-refractivity contribution < 1.29 is 24.2 Å². The molecule has 0 radical (unpaired) electrons. The quantitative estimate of drug-likeness (QED) is 0.206. The number of fused-ring (bicyclic) bond motifs is 1. The fourth-order valence-corrected chi connectivity index (χ4v) is 7.48. The summed E-state index contributed by atoms with van der Waals surface area (Å²) in [5, 5.41) is 24.3. The van der Waals surface area contributed by atoms with Gasteiger partial charge in [0.15, 0.2) is 8.32 Å². The van der Waals surface area contributed by atoms with E-state index in [1.54, 1.807) is 24.3 Å². The van der Waals surface area contributed by atoms with Gasteiger partial charge < -0.3 is 19.4 Å². The SMILES string of the molecule is C=Cc1ccc(OC(C)=O)cc1C[C@@]1(O)CC[C@]2(C)[C@@H](O[Si](C)(C)C(C)(C)C)CC[C@H]2[C@@]1(O)C=C. The van der Waals surface area contributed by atoms with Gasteiger partial charge in [-0.3, -0.25) is 4.79 Å². The average molecular weight is 501 g/mol. The van der Waals surface area contributed by atoms with Gasteiger partial charge in [-0.1, -0.05) is 52.5 Å². The van der Waals surface area contributed by atoms with Crippen molar-refractivity contribution in [3.8, 4) is 5.75 Å². The lowest BCUT2D eigenvalue weighted by Crippen LogP contribution is -2.66. The monoisotopic (exact) mass is 500 g/mol. The molecule has 3 rings (SSSR count). The molecule has 1 aromatic carbocycles. The molecule has 2 saturated carbocycles. The standard InChI is InChI=1S/C29H44O5Si/c1-10-21-12-13-23(33-20(3)30)18-22(21)19-28(31)17-16-27(7)24(29(28,32)11-2)14-15-25(27)34-35(8,9)26(4,5)6/h10-13,18,24-25,31-32H,1-2,14-17,19H2,3-9H3/t24-,25+,27+,28+,29+/m1/s1. The molecule has 0 unspecified atom stereocenters. The van der Waals surface area contributed by atoms with Crippen LogP contribution in [-0.4, -0.2) is 41.8 Å². The van der Waals surface area contributed by atoms with E-state index in [0.717, 1.165) is 30.4 Å². The summed E-state index contributed by atoms with van der Waals surface area (Å²) in [6.07, 6.45) is 6.29. The lowest BCUT2D eigenvalue weighted by Gasteiger charge is -2.57. The second kappa shape index (κ2) is 9.29. The maximum Gasteiger partial charge on any atom is 0.308 e. The van der Waals surface area contributed by atoms with Crippen molar-refractivity contribution in [3.05, 3.63) is 48.6 Å². The summed E-state index contributed by atoms with van der Waals surface area (Å²) in [5.74, 6) is -0.172. The van der Waals surface area contributed by atoms with E-state index < -0.39 is 25.5 Å². The van der Waals surface area contributed by atoms with Gasteiger partial charge in [0.1, 0.15) is 17.0 Å². The second-order valence-electron chi connectivity index (χ2n) is 12.4. The molecule has 1 aromatic rings. The smallest absolute Gasteiger partial charge is 0.308 e. The minimum atomic E-state index is -2.00. The fraction of sp³-hybridized carbons (Fsp3) is 0.621. The molecule has 2 aliphatic rings. The number of benzene rings is 1. The van der Waals surface area contributed by atoms with Crippen LogP contribution < -0.4 is 4.74 Å². The number of hydrogen-bond acceptors (Lipinski definition) is 5. The Morgan fingerprint density at radius 1 is 1.20 bits per heavy atom. The number of hydrogen-bond donors (Lipinski definition) is 2. The highest BCUT2D eigenvalue weighted by Gasteiger charge is 2.66. The molecule has 6 heteroatoms. The van der Waals surface area contributed by atoms with Crippen LogP contribution in [0.4, 0.5) is 0 Å². The van der Waals surface area contributed by atoms with Crippen LogP contribution in [0.15, 0.2) is 37.4 Å². The van der Waals surface area contributed by atoms with Crippen LogP contribution in [-0.2, 0) is 15.6 Å². The Morgan fingerprint density at radius 2 is 1.86 bits per heavy atom. The van der Waals surface area contributed by atoms with Crippen molar-refractivity contribution in [1.82, 2.24) is 0 Å². The number of rotatable bonds is 7. The molecule has 2 N–H and O–H groups in total. The van der Waals surface area contributed by atoms with E-state index in [2.05, 4.69) is 53.9 Å². The number of ether oxygens (including phenoxy) is 1. The third kappa shape index (κ3) is 4.83. The second-order valence-corrected chi connectivity index (χ2v) is 17.2. The highest BCUT2D eigenvalue weighted by Crippen LogP contribution is 2.61. The first-order valence-electron chi connectivity index (χ1n) is 12.7. The third-order valence-electron chi connectivity index (χ3n) is 9.24. The number of carbonyl (C=O) groups excluding carboxylic acids is 1. The Balaban J connectivity index is 1.95. The van der Waals surface area contributed by atoms with Gasteiger partial charge in [0.2, 0.25) is 0 Å². The van der Waals surface area contributed by atoms with Gasteiger partial charge in [0.25, 0.3) is 0 Å². The minimum absolute atomic E-state index is 0.0421. The van der Waals surface area contributed by atoms with Gasteiger partial charge >= 0.3 is 5.97 Å². The van der Waals surface area contributed by atoms with Crippen molar-refractivity contribution in [1.29, 1.82) is 0 Å². The molecule has 2 fully saturated rings. The van der Waals surface area contributed by atoms with Crippen LogP contribution in [0.1, 0.15) is 71.4 Å². The van der Waals surface area contributed by atoms with Gasteiger partial charge in [-0.05, 0) is 72.5 Å². The molecule has 194 valence electrons. The van der Waals surface area contributed by atoms with Crippen LogP contribution in [0.25, 0.3) is 6.08 Å². The zero-order chi connectivity index (χ0) is 26.4. The molecule has 0 bridgehead atoms. The van der Waals surface area contributed by atoms with E-state index >= 15 is 0 Å². The van der Waals surface area contributed by atoms with E-state index in [1.807, 2.05) is 6.07 Å². The normalized spacial score (nSPS) is 33.2. The first kappa shape index (κ1) is 27.8. The summed E-state index contributed by atoms with van der Waals surface area (Å²) in [7, 11) is -2.00. The summed E-state index contributed by atoms with van der Waals surface area (Å²) in [6.45, 7) is 22.7. The summed E-state index contributed by atoms with van der Waals surface area (Å²) < 4.78 is 12.2. The van der Waals surface area contributed by atoms with Gasteiger partial charge in [0, 0.05) is 19.3 Å². The lowest BCUT2D eigenvalue weighted by atomic mass is 9.54. The van der Waals surface area contributed by atoms with Crippen LogP contribution in [0, 0.1) is 11.3 Å². The van der Waals surface area contributed by atoms with E-state index in [4.69, 9.17) is 9.16 Å². The molecular weight excluding hydrogens is 456 g/mol. The van der Waals surface area contributed by atoms with Crippen LogP contribution in [0.5, 0.6) is 5.75 Å². The topological polar surface area (TPSA) is 76.0 Å². The fourth-order valence-electron chi connectivity index (χ4n) is 6.03. The summed E-state index contributed by atoms with van der Waals surface area (Å²) >= 11 is 0. The van der Waals surface area contributed by atoms with Crippen molar-refractivity contribution >= 4 is 20.4 Å². The Kier molecular flexibility index (Phi) is 7.39. The number of esters is 1. The molecule has 0 amide bonds. The highest BCUT2D eigenvalue weighted by molar-refractivity contribution is 6.74. The van der Waals surface area contributed by atoms with Crippen molar-refractivity contribution in [2.45, 2.75) is 102 Å². The van der Waals surface area contributed by atoms with Gasteiger partial charge in [-0.25, -0.2) is 0 Å². The first-order valence-corrected chi connectivity index (χ1v) is 15.6. The van der Waals surface area contributed by atoms with E-state index in [0.29, 0.717) is 12.2 Å². The Labute approximate surface area is 212 Å². The predicted octanol–water partition coefficient (Wildman–Crippen LogP) is 6.05. The predicted molar refractivity (Wildman–Crippen MR) is 144 cm³/mol. The first-order chi connectivity index (χ1) is 16.0. The zero-order valence-electron chi connectivity index (χ0n) is 22.6. The van der Waals surface area contributed by atoms with E-state index in [9.17, 15) is 15.0 Å². The van der Waals surface area contributed by atoms with Gasteiger partial charge in [-0.15, -0.1) is 6.58 Å². The number of carbonyl (C=O) groups is 1. The van der Waals surface area contributed by atoms with Gasteiger partial charge in [-0.2, -0.15) is 0 Å². The zero-order valence-corrected chi connectivity index (χ0v) is 23.6. The lowest BCUT2D eigenvalue weighted by molar-refractivity contribution is -0.210. The molecule has 0 spiro atoms. The Morgan fingerprint density at radius 3 is 2.40 bits per heavy atom. The summed E-state index contributed by atoms with van der Waals surface area (Å²) in [6, 6.07) is 5.29. The van der Waals surface area contributed by atoms with E-state index in [-0.39, 0.29) is 28.9 Å². The van der Waals surface area contributed by atoms with Crippen molar-refractivity contribution in [3.63, 3.8) is 0 Å². The molecule has 0 aliphatic heterocycles. The largest absolute Gasteiger partial charge is 0.427 e. The van der Waals surface area contributed by atoms with Crippen LogP contribution in [0.3, 0.4) is 0 Å². The number of aliphatic hydroxyl groups is 2. The maximum absolute atomic E-state index is 12.1. The summed E-state index contributed by atoms with van der Waals surface area (Å²) in [4.78, 5) is 11.5. The minimum Gasteiger partial charge on any atom is -0.427 e. The molecular formula is C29H44O5Si. The molecule has 2 aliphatic carbocycles. The molecule has 0 aromatic heterocycles. The molecule has 5 nitrogen and oxygen atoms in total. The van der Waals surface area contributed by atoms with E-state index in [1.165, 1.54) is 6.92 Å². The molecule has 0 heterocycles. The highest BCUT2D eigenvalue weighted by atomic mass is 28.4. The Hall–Kier alpha value is -1.73. The summed E-state index contributed by atoms with van der Waals surface area (Å²) in [5.41, 5.74) is -1.55. The molecule has 0 saturated heterocycles. The van der Waals surface area contributed by atoms with Crippen LogP contribution in [0.2, 0.25) is 18.1 Å². The molecule has 5 atom stereocenters. The van der Waals surface area contributed by atoms with Crippen molar-refractivity contribution in [2.75, 3.05) is 0 Å². The third-order valence-corrected chi connectivity index (χ3v) is 13.7. The van der Waals surface area contributed by atoms with Crippen LogP contribution >= 0.6 is 0 Å². The Bertz CT molecular complexity index is 995. The average Bonchev–Trinajstić information content (AvgIpc) is 3.07.